The van der Waals surface area contributed by atoms with E-state index in [9.17, 15) is 14.9 Å². The molecule has 3 atom stereocenters. The summed E-state index contributed by atoms with van der Waals surface area (Å²) in [5.41, 5.74) is -0.822. The molecule has 38 heavy (non-hydrogen) atoms. The molecule has 0 radical (unpaired) electrons. The number of rotatable bonds is 6. The van der Waals surface area contributed by atoms with E-state index in [1.165, 1.54) is 0 Å². The summed E-state index contributed by atoms with van der Waals surface area (Å²) in [6.45, 7) is 8.15. The molecule has 4 aliphatic rings. The van der Waals surface area contributed by atoms with Gasteiger partial charge in [-0.1, -0.05) is 12.8 Å². The fourth-order valence-electron chi connectivity index (χ4n) is 6.01. The summed E-state index contributed by atoms with van der Waals surface area (Å²) >= 11 is 0. The first-order valence-corrected chi connectivity index (χ1v) is 14.3. The number of amides is 2. The summed E-state index contributed by atoms with van der Waals surface area (Å²) in [6.07, 6.45) is 5.06. The molecule has 3 saturated heterocycles. The molecule has 0 aromatic heterocycles. The van der Waals surface area contributed by atoms with Crippen molar-refractivity contribution in [1.29, 1.82) is 5.26 Å². The fraction of sp³-hybridized carbons (Fsp3) is 0.852. The monoisotopic (exact) mass is 532 g/mol. The van der Waals surface area contributed by atoms with E-state index in [0.29, 0.717) is 71.5 Å². The van der Waals surface area contributed by atoms with Crippen molar-refractivity contribution in [2.45, 2.75) is 63.5 Å². The van der Waals surface area contributed by atoms with Crippen LogP contribution in [0, 0.1) is 23.2 Å². The third-order valence-corrected chi connectivity index (χ3v) is 8.43. The summed E-state index contributed by atoms with van der Waals surface area (Å²) in [7, 11) is 2.04. The molecule has 11 heteroatoms. The van der Waals surface area contributed by atoms with Gasteiger partial charge in [0.25, 0.3) is 0 Å². The Kier molecular flexibility index (Phi) is 10.2. The van der Waals surface area contributed by atoms with E-state index in [1.807, 2.05) is 14.0 Å². The average molecular weight is 533 g/mol. The number of carbonyl (C=O) groups excluding carboxylic acids is 2. The largest absolute Gasteiger partial charge is 0.447 e. The molecular weight excluding hydrogens is 488 g/mol. The molecule has 4 fully saturated rings. The van der Waals surface area contributed by atoms with Crippen molar-refractivity contribution in [2.24, 2.45) is 16.8 Å². The van der Waals surface area contributed by atoms with Crippen molar-refractivity contribution in [3.05, 3.63) is 0 Å². The minimum Gasteiger partial charge on any atom is -0.447 e. The summed E-state index contributed by atoms with van der Waals surface area (Å²) in [5.74, 6) is 0.417. The Hall–Kier alpha value is -2.42. The molecule has 0 aromatic carbocycles. The number of nitrogens with one attached hydrogen (secondary N) is 1. The lowest BCUT2D eigenvalue weighted by molar-refractivity contribution is -0.129. The second-order valence-electron chi connectivity index (χ2n) is 11.0. The highest BCUT2D eigenvalue weighted by Crippen LogP contribution is 2.31. The minimum absolute atomic E-state index is 0.0654. The summed E-state index contributed by atoms with van der Waals surface area (Å²) in [5, 5.41) is 13.2. The SMILES string of the molecule is CCN(C(=NC(=O)OCC1CCOC1)N1CCOCC1)C1CCCCC1C(=O)NC1(C#N)CCN(C)CC1. The number of carbonyl (C=O) groups is 2. The van der Waals surface area contributed by atoms with Gasteiger partial charge in [-0.2, -0.15) is 5.26 Å². The Bertz CT molecular complexity index is 872. The number of hydrogen-bond acceptors (Lipinski definition) is 7. The first-order chi connectivity index (χ1) is 18.4. The van der Waals surface area contributed by atoms with Crippen LogP contribution in [0.15, 0.2) is 4.99 Å². The number of guanidine groups is 1. The summed E-state index contributed by atoms with van der Waals surface area (Å²) in [4.78, 5) is 37.5. The molecule has 11 nitrogen and oxygen atoms in total. The molecule has 1 aliphatic carbocycles. The number of ether oxygens (including phenoxy) is 3. The van der Waals surface area contributed by atoms with E-state index in [1.54, 1.807) is 0 Å². The van der Waals surface area contributed by atoms with Gasteiger partial charge in [-0.25, -0.2) is 4.79 Å². The van der Waals surface area contributed by atoms with Crippen LogP contribution >= 0.6 is 0 Å². The molecule has 1 saturated carbocycles. The number of nitriles is 1. The van der Waals surface area contributed by atoms with Gasteiger partial charge in [-0.3, -0.25) is 4.79 Å². The van der Waals surface area contributed by atoms with Crippen LogP contribution in [0.3, 0.4) is 0 Å². The number of piperidine rings is 1. The van der Waals surface area contributed by atoms with Crippen LogP contribution in [-0.4, -0.2) is 117 Å². The third-order valence-electron chi connectivity index (χ3n) is 8.43. The molecule has 0 spiro atoms. The van der Waals surface area contributed by atoms with Gasteiger partial charge >= 0.3 is 6.09 Å². The predicted octanol–water partition coefficient (Wildman–Crippen LogP) is 1.83. The highest BCUT2D eigenvalue weighted by Gasteiger charge is 2.42. The zero-order chi connectivity index (χ0) is 27.0. The highest BCUT2D eigenvalue weighted by atomic mass is 16.6. The lowest BCUT2D eigenvalue weighted by atomic mass is 9.81. The van der Waals surface area contributed by atoms with E-state index in [4.69, 9.17) is 14.2 Å². The minimum atomic E-state index is -0.822. The summed E-state index contributed by atoms with van der Waals surface area (Å²) < 4.78 is 16.5. The van der Waals surface area contributed by atoms with Crippen molar-refractivity contribution in [1.82, 2.24) is 20.0 Å². The molecule has 212 valence electrons. The molecule has 3 unspecified atom stereocenters. The van der Waals surface area contributed by atoms with Gasteiger partial charge in [0.1, 0.15) is 5.54 Å². The smallest absolute Gasteiger partial charge is 0.436 e. The van der Waals surface area contributed by atoms with Crippen LogP contribution in [-0.2, 0) is 19.0 Å². The van der Waals surface area contributed by atoms with Gasteiger partial charge in [0, 0.05) is 51.3 Å². The Morgan fingerprint density at radius 1 is 1.11 bits per heavy atom. The Labute approximate surface area is 226 Å². The zero-order valence-electron chi connectivity index (χ0n) is 23.0. The normalized spacial score (nSPS) is 28.4. The Balaban J connectivity index is 1.52. The van der Waals surface area contributed by atoms with Crippen LogP contribution in [0.1, 0.15) is 51.9 Å². The van der Waals surface area contributed by atoms with Crippen LogP contribution in [0.4, 0.5) is 4.79 Å². The first kappa shape index (κ1) is 28.6. The van der Waals surface area contributed by atoms with Gasteiger partial charge in [0.2, 0.25) is 11.9 Å². The fourth-order valence-corrected chi connectivity index (χ4v) is 6.01. The number of hydrogen-bond donors (Lipinski definition) is 1. The van der Waals surface area contributed by atoms with Crippen molar-refractivity contribution in [3.63, 3.8) is 0 Å². The lowest BCUT2D eigenvalue weighted by Gasteiger charge is -2.45. The van der Waals surface area contributed by atoms with Gasteiger partial charge in [-0.15, -0.1) is 4.99 Å². The Morgan fingerprint density at radius 3 is 2.50 bits per heavy atom. The van der Waals surface area contributed by atoms with Crippen molar-refractivity contribution in [3.8, 4) is 6.07 Å². The second-order valence-corrected chi connectivity index (χ2v) is 11.0. The van der Waals surface area contributed by atoms with Gasteiger partial charge in [-0.05, 0) is 46.1 Å². The maximum atomic E-state index is 13.7. The van der Waals surface area contributed by atoms with Crippen molar-refractivity contribution >= 4 is 18.0 Å². The quantitative estimate of drug-likeness (QED) is 0.404. The molecule has 2 amide bonds. The number of aliphatic imine (C=N–C) groups is 1. The van der Waals surface area contributed by atoms with E-state index < -0.39 is 11.6 Å². The molecule has 4 rings (SSSR count). The van der Waals surface area contributed by atoms with E-state index in [-0.39, 0.29) is 23.8 Å². The van der Waals surface area contributed by atoms with Gasteiger partial charge in [0.15, 0.2) is 0 Å². The molecule has 1 N–H and O–H groups in total. The zero-order valence-corrected chi connectivity index (χ0v) is 23.0. The topological polar surface area (TPSA) is 120 Å². The van der Waals surface area contributed by atoms with Crippen molar-refractivity contribution < 1.29 is 23.8 Å². The highest BCUT2D eigenvalue weighted by molar-refractivity contribution is 5.91. The van der Waals surface area contributed by atoms with Gasteiger partial charge in [0.05, 0.1) is 38.4 Å². The van der Waals surface area contributed by atoms with E-state index in [0.717, 1.165) is 45.2 Å². The van der Waals surface area contributed by atoms with E-state index in [2.05, 4.69) is 31.1 Å². The molecule has 3 aliphatic heterocycles. The van der Waals surface area contributed by atoms with Crippen LogP contribution in [0.2, 0.25) is 0 Å². The number of likely N-dealkylation sites (tertiary alicyclic amines) is 1. The maximum Gasteiger partial charge on any atom is 0.436 e. The average Bonchev–Trinajstić information content (AvgIpc) is 3.48. The second kappa shape index (κ2) is 13.6. The Morgan fingerprint density at radius 2 is 1.84 bits per heavy atom. The predicted molar refractivity (Wildman–Crippen MR) is 141 cm³/mol. The molecular formula is C27H44N6O5. The maximum absolute atomic E-state index is 13.7. The van der Waals surface area contributed by atoms with Gasteiger partial charge < -0.3 is 34.2 Å². The molecule has 0 bridgehead atoms. The standard InChI is InChI=1S/C27H44N6O5/c1-3-33(25(32-13-16-36-17-14-32)29-26(35)38-19-21-8-15-37-18-21)23-7-5-4-6-22(23)24(34)30-27(20-28)9-11-31(2)12-10-27/h21-23H,3-19H2,1-2H3,(H,30,34). The van der Waals surface area contributed by atoms with Crippen LogP contribution in [0.25, 0.3) is 0 Å². The van der Waals surface area contributed by atoms with E-state index >= 15 is 0 Å². The lowest BCUT2D eigenvalue weighted by Crippen LogP contribution is -2.60. The van der Waals surface area contributed by atoms with Crippen LogP contribution in [0.5, 0.6) is 0 Å². The first-order valence-electron chi connectivity index (χ1n) is 14.3. The molecule has 3 heterocycles. The molecule has 0 aromatic rings. The van der Waals surface area contributed by atoms with Crippen LogP contribution < -0.4 is 5.32 Å². The number of nitrogens with zero attached hydrogens (tertiary/aromatic N) is 5. The number of morpholine rings is 1. The third kappa shape index (κ3) is 7.16. The van der Waals surface area contributed by atoms with Crippen molar-refractivity contribution in [2.75, 3.05) is 72.8 Å². The summed E-state index contributed by atoms with van der Waals surface area (Å²) in [6, 6.07) is 2.30.